The van der Waals surface area contributed by atoms with E-state index in [1.54, 1.807) is 13.8 Å². The molecular formula is C19H22FN3O6S. The van der Waals surface area contributed by atoms with Crippen LogP contribution >= 0.6 is 0 Å². The van der Waals surface area contributed by atoms with Crippen LogP contribution in [0.1, 0.15) is 17.0 Å². The molecule has 9 nitrogen and oxygen atoms in total. The maximum Gasteiger partial charge on any atom is 0.310 e. The molecule has 1 fully saturated rings. The van der Waals surface area contributed by atoms with Crippen LogP contribution in [0.5, 0.6) is 0 Å². The van der Waals surface area contributed by atoms with Crippen molar-refractivity contribution in [2.45, 2.75) is 25.2 Å². The van der Waals surface area contributed by atoms with Crippen molar-refractivity contribution in [1.82, 2.24) is 14.4 Å². The van der Waals surface area contributed by atoms with E-state index in [-0.39, 0.29) is 37.5 Å². The van der Waals surface area contributed by atoms with Crippen molar-refractivity contribution in [3.8, 4) is 0 Å². The summed E-state index contributed by atoms with van der Waals surface area (Å²) in [5, 5.41) is 3.76. The first-order valence-electron chi connectivity index (χ1n) is 9.29. The van der Waals surface area contributed by atoms with Gasteiger partial charge >= 0.3 is 5.97 Å². The van der Waals surface area contributed by atoms with E-state index < -0.39 is 34.3 Å². The van der Waals surface area contributed by atoms with Gasteiger partial charge in [0.1, 0.15) is 11.6 Å². The molecule has 0 unspecified atom stereocenters. The van der Waals surface area contributed by atoms with Gasteiger partial charge in [0, 0.05) is 31.7 Å². The smallest absolute Gasteiger partial charge is 0.310 e. The highest BCUT2D eigenvalue weighted by Crippen LogP contribution is 2.18. The van der Waals surface area contributed by atoms with Crippen LogP contribution < -0.4 is 0 Å². The number of carbonyl (C=O) groups excluding carboxylic acids is 2. The zero-order chi connectivity index (χ0) is 21.9. The second kappa shape index (κ2) is 8.92. The van der Waals surface area contributed by atoms with Crippen LogP contribution in [-0.2, 0) is 30.8 Å². The third-order valence-corrected chi connectivity index (χ3v) is 6.81. The number of carbonyl (C=O) groups is 2. The molecule has 2 heterocycles. The Hall–Kier alpha value is -2.79. The van der Waals surface area contributed by atoms with Crippen LogP contribution in [0.15, 0.2) is 33.7 Å². The number of aromatic nitrogens is 1. The highest BCUT2D eigenvalue weighted by molar-refractivity contribution is 7.89. The number of hydrogen-bond acceptors (Lipinski definition) is 7. The van der Waals surface area contributed by atoms with Crippen molar-refractivity contribution in [1.29, 1.82) is 0 Å². The van der Waals surface area contributed by atoms with Gasteiger partial charge in [-0.2, -0.15) is 4.31 Å². The number of hydrogen-bond donors (Lipinski definition) is 0. The van der Waals surface area contributed by atoms with Gasteiger partial charge in [-0.3, -0.25) is 9.59 Å². The number of halogens is 1. The lowest BCUT2D eigenvalue weighted by Crippen LogP contribution is -2.51. The summed E-state index contributed by atoms with van der Waals surface area (Å²) in [6, 6.07) is 4.59. The SMILES string of the molecule is Cc1noc(C)c1CC(=O)OCC(=O)N1CCN(S(=O)(=O)c2ccc(F)cc2)CC1. The molecule has 0 radical (unpaired) electrons. The highest BCUT2D eigenvalue weighted by Gasteiger charge is 2.30. The average Bonchev–Trinajstić information content (AvgIpc) is 3.04. The van der Waals surface area contributed by atoms with E-state index in [0.717, 1.165) is 12.1 Å². The molecular weight excluding hydrogens is 417 g/mol. The lowest BCUT2D eigenvalue weighted by Gasteiger charge is -2.33. The van der Waals surface area contributed by atoms with Gasteiger partial charge < -0.3 is 14.2 Å². The molecule has 1 saturated heterocycles. The summed E-state index contributed by atoms with van der Waals surface area (Å²) in [4.78, 5) is 25.7. The fourth-order valence-electron chi connectivity index (χ4n) is 3.12. The molecule has 3 rings (SSSR count). The van der Waals surface area contributed by atoms with E-state index in [2.05, 4.69) is 5.16 Å². The van der Waals surface area contributed by atoms with E-state index in [0.29, 0.717) is 17.0 Å². The quantitative estimate of drug-likeness (QED) is 0.619. The predicted molar refractivity (Wildman–Crippen MR) is 102 cm³/mol. The second-order valence-corrected chi connectivity index (χ2v) is 8.82. The fraction of sp³-hybridized carbons (Fsp3) is 0.421. The minimum Gasteiger partial charge on any atom is -0.455 e. The minimum absolute atomic E-state index is 0.00284. The van der Waals surface area contributed by atoms with Crippen LogP contribution in [0.25, 0.3) is 0 Å². The van der Waals surface area contributed by atoms with Gasteiger partial charge in [0.2, 0.25) is 10.0 Å². The van der Waals surface area contributed by atoms with Crippen LogP contribution in [0.4, 0.5) is 4.39 Å². The van der Waals surface area contributed by atoms with E-state index in [4.69, 9.17) is 9.26 Å². The Balaban J connectivity index is 1.49. The second-order valence-electron chi connectivity index (χ2n) is 6.88. The fourth-order valence-corrected chi connectivity index (χ4v) is 4.54. The van der Waals surface area contributed by atoms with Crippen molar-refractivity contribution >= 4 is 21.9 Å². The van der Waals surface area contributed by atoms with E-state index in [1.165, 1.54) is 21.3 Å². The molecule has 0 bridgehead atoms. The number of rotatable bonds is 6. The zero-order valence-electron chi connectivity index (χ0n) is 16.6. The third kappa shape index (κ3) is 4.85. The third-order valence-electron chi connectivity index (χ3n) is 4.90. The van der Waals surface area contributed by atoms with E-state index >= 15 is 0 Å². The molecule has 0 atom stereocenters. The summed E-state index contributed by atoms with van der Waals surface area (Å²) in [7, 11) is -3.76. The van der Waals surface area contributed by atoms with Gasteiger partial charge in [-0.1, -0.05) is 5.16 Å². The maximum absolute atomic E-state index is 13.0. The molecule has 0 spiro atoms. The van der Waals surface area contributed by atoms with Crippen molar-refractivity contribution in [3.05, 3.63) is 47.1 Å². The predicted octanol–water partition coefficient (Wildman–Crippen LogP) is 1.05. The van der Waals surface area contributed by atoms with Crippen molar-refractivity contribution in [2.75, 3.05) is 32.8 Å². The van der Waals surface area contributed by atoms with Gasteiger partial charge in [-0.05, 0) is 38.1 Å². The number of benzene rings is 1. The first-order chi connectivity index (χ1) is 14.2. The van der Waals surface area contributed by atoms with Gasteiger partial charge in [-0.15, -0.1) is 0 Å². The molecule has 2 aromatic rings. The molecule has 1 aliphatic rings. The number of aryl methyl sites for hydroxylation is 2. The number of ether oxygens (including phenoxy) is 1. The summed E-state index contributed by atoms with van der Waals surface area (Å²) in [6.07, 6.45) is -0.0435. The largest absolute Gasteiger partial charge is 0.455 e. The zero-order valence-corrected chi connectivity index (χ0v) is 17.4. The monoisotopic (exact) mass is 439 g/mol. The summed E-state index contributed by atoms with van der Waals surface area (Å²) in [6.45, 7) is 3.50. The Bertz CT molecular complexity index is 1010. The lowest BCUT2D eigenvalue weighted by atomic mass is 10.1. The first kappa shape index (κ1) is 21.9. The first-order valence-corrected chi connectivity index (χ1v) is 10.7. The van der Waals surface area contributed by atoms with Crippen LogP contribution in [-0.4, -0.2) is 67.4 Å². The number of sulfonamides is 1. The Labute approximate surface area is 173 Å². The number of amides is 1. The Morgan fingerprint density at radius 2 is 1.77 bits per heavy atom. The van der Waals surface area contributed by atoms with Gasteiger partial charge in [0.15, 0.2) is 6.61 Å². The number of esters is 1. The Morgan fingerprint density at radius 3 is 2.33 bits per heavy atom. The van der Waals surface area contributed by atoms with E-state index in [1.807, 2.05) is 0 Å². The molecule has 11 heteroatoms. The Morgan fingerprint density at radius 1 is 1.13 bits per heavy atom. The molecule has 1 amide bonds. The molecule has 30 heavy (non-hydrogen) atoms. The highest BCUT2D eigenvalue weighted by atomic mass is 32.2. The van der Waals surface area contributed by atoms with Crippen LogP contribution in [0.2, 0.25) is 0 Å². The molecule has 0 aliphatic carbocycles. The normalized spacial score (nSPS) is 15.2. The van der Waals surface area contributed by atoms with Gasteiger partial charge in [0.05, 0.1) is 17.0 Å². The average molecular weight is 439 g/mol. The van der Waals surface area contributed by atoms with Gasteiger partial charge in [-0.25, -0.2) is 12.8 Å². The summed E-state index contributed by atoms with van der Waals surface area (Å²) >= 11 is 0. The van der Waals surface area contributed by atoms with Crippen LogP contribution in [0.3, 0.4) is 0 Å². The number of piperazine rings is 1. The van der Waals surface area contributed by atoms with E-state index in [9.17, 15) is 22.4 Å². The molecule has 1 aromatic carbocycles. The van der Waals surface area contributed by atoms with Crippen molar-refractivity contribution in [3.63, 3.8) is 0 Å². The van der Waals surface area contributed by atoms with Crippen molar-refractivity contribution < 1.29 is 31.7 Å². The summed E-state index contributed by atoms with van der Waals surface area (Å²) in [5.74, 6) is -0.973. The lowest BCUT2D eigenvalue weighted by molar-refractivity contribution is -0.152. The van der Waals surface area contributed by atoms with Crippen molar-refractivity contribution in [2.24, 2.45) is 0 Å². The van der Waals surface area contributed by atoms with Crippen LogP contribution in [0, 0.1) is 19.7 Å². The molecule has 1 aromatic heterocycles. The molecule has 0 N–H and O–H groups in total. The molecule has 162 valence electrons. The minimum atomic E-state index is -3.76. The topological polar surface area (TPSA) is 110 Å². The Kier molecular flexibility index (Phi) is 6.52. The maximum atomic E-state index is 13.0. The molecule has 0 saturated carbocycles. The summed E-state index contributed by atoms with van der Waals surface area (Å²) in [5.41, 5.74) is 1.22. The summed E-state index contributed by atoms with van der Waals surface area (Å²) < 4.78 is 49.5. The number of nitrogens with zero attached hydrogens (tertiary/aromatic N) is 3. The standard InChI is InChI=1S/C19H22FN3O6S/c1-13-17(14(2)29-21-13)11-19(25)28-12-18(24)22-7-9-23(10-8-22)30(26,27)16-5-3-15(20)4-6-16/h3-6H,7-12H2,1-2H3. The van der Waals surface area contributed by atoms with Gasteiger partial charge in [0.25, 0.3) is 5.91 Å². The molecule has 1 aliphatic heterocycles.